The molecule has 2 aliphatic rings. The predicted octanol–water partition coefficient (Wildman–Crippen LogP) is 1.50. The number of nitrogens with one attached hydrogen (secondary N) is 1. The van der Waals surface area contributed by atoms with Crippen molar-refractivity contribution in [2.75, 3.05) is 19.8 Å². The molecule has 17 heavy (non-hydrogen) atoms. The smallest absolute Gasteiger partial charge is 0.240 e. The van der Waals surface area contributed by atoms with Gasteiger partial charge in [-0.05, 0) is 25.7 Å². The van der Waals surface area contributed by atoms with Gasteiger partial charge in [-0.15, -0.1) is 0 Å². The first-order chi connectivity index (χ1) is 8.31. The molecule has 0 aliphatic carbocycles. The van der Waals surface area contributed by atoms with Crippen LogP contribution in [0.2, 0.25) is 0 Å². The number of nitrogens with zero attached hydrogens (tertiary/aromatic N) is 1. The van der Waals surface area contributed by atoms with E-state index >= 15 is 0 Å². The van der Waals surface area contributed by atoms with Gasteiger partial charge in [-0.25, -0.2) is 0 Å². The summed E-state index contributed by atoms with van der Waals surface area (Å²) in [6, 6.07) is 0.0689. The van der Waals surface area contributed by atoms with Crippen molar-refractivity contribution < 1.29 is 9.53 Å². The summed E-state index contributed by atoms with van der Waals surface area (Å²) in [6.07, 6.45) is 6.98. The molecule has 4 heteroatoms. The average molecular weight is 240 g/mol. The topological polar surface area (TPSA) is 41.6 Å². The summed E-state index contributed by atoms with van der Waals surface area (Å²) in [5.74, 6) is 0.288. The Morgan fingerprint density at radius 2 is 2.35 bits per heavy atom. The third kappa shape index (κ3) is 3.42. The summed E-state index contributed by atoms with van der Waals surface area (Å²) in [5.41, 5.74) is 0. The second-order valence-electron chi connectivity index (χ2n) is 5.08. The Bertz CT molecular complexity index is 252. The molecule has 2 unspecified atom stereocenters. The third-order valence-electron chi connectivity index (χ3n) is 3.73. The molecule has 98 valence electrons. The fraction of sp³-hybridized carbons (Fsp3) is 0.923. The summed E-state index contributed by atoms with van der Waals surface area (Å²) >= 11 is 0. The fourth-order valence-corrected chi connectivity index (χ4v) is 2.60. The Kier molecular flexibility index (Phi) is 4.80. The first-order valence-electron chi connectivity index (χ1n) is 6.95. The first-order valence-corrected chi connectivity index (χ1v) is 6.95. The molecule has 0 saturated carbocycles. The zero-order valence-electron chi connectivity index (χ0n) is 10.8. The maximum Gasteiger partial charge on any atom is 0.240 e. The van der Waals surface area contributed by atoms with Crippen LogP contribution in [0.1, 0.15) is 45.4 Å². The van der Waals surface area contributed by atoms with Gasteiger partial charge >= 0.3 is 0 Å². The molecular weight excluding hydrogens is 216 g/mol. The van der Waals surface area contributed by atoms with E-state index in [9.17, 15) is 4.79 Å². The van der Waals surface area contributed by atoms with Crippen LogP contribution < -0.4 is 5.32 Å². The van der Waals surface area contributed by atoms with Crippen molar-refractivity contribution in [2.45, 2.75) is 57.6 Å². The van der Waals surface area contributed by atoms with Crippen LogP contribution in [0.15, 0.2) is 0 Å². The number of hydrogen-bond donors (Lipinski definition) is 1. The Morgan fingerprint density at radius 1 is 1.47 bits per heavy atom. The van der Waals surface area contributed by atoms with E-state index in [1.807, 2.05) is 4.90 Å². The molecular formula is C13H24N2O2. The zero-order valence-corrected chi connectivity index (χ0v) is 10.8. The van der Waals surface area contributed by atoms with Gasteiger partial charge < -0.3 is 9.64 Å². The maximum absolute atomic E-state index is 12.0. The molecule has 1 N–H and O–H groups in total. The number of carbonyl (C=O) groups excluding carboxylic acids is 1. The van der Waals surface area contributed by atoms with Gasteiger partial charge in [0.15, 0.2) is 0 Å². The fourth-order valence-electron chi connectivity index (χ4n) is 2.60. The van der Waals surface area contributed by atoms with Crippen molar-refractivity contribution in [3.8, 4) is 0 Å². The van der Waals surface area contributed by atoms with Crippen molar-refractivity contribution in [3.63, 3.8) is 0 Å². The number of ether oxygens (including phenoxy) is 1. The molecule has 2 aliphatic heterocycles. The molecule has 0 aromatic carbocycles. The van der Waals surface area contributed by atoms with Crippen LogP contribution in [0.25, 0.3) is 0 Å². The second-order valence-corrected chi connectivity index (χ2v) is 5.08. The molecule has 4 nitrogen and oxygen atoms in total. The van der Waals surface area contributed by atoms with E-state index in [2.05, 4.69) is 12.2 Å². The maximum atomic E-state index is 12.0. The minimum absolute atomic E-state index is 0.0689. The number of hydrogen-bond acceptors (Lipinski definition) is 3. The summed E-state index contributed by atoms with van der Waals surface area (Å²) in [5, 5.41) is 3.30. The van der Waals surface area contributed by atoms with E-state index in [0.29, 0.717) is 6.10 Å². The molecule has 0 bridgehead atoms. The summed E-state index contributed by atoms with van der Waals surface area (Å²) in [7, 11) is 0. The lowest BCUT2D eigenvalue weighted by atomic mass is 10.1. The van der Waals surface area contributed by atoms with Gasteiger partial charge in [-0.2, -0.15) is 0 Å². The molecule has 2 rings (SSSR count). The van der Waals surface area contributed by atoms with E-state index in [4.69, 9.17) is 4.74 Å². The van der Waals surface area contributed by atoms with Crippen molar-refractivity contribution in [1.82, 2.24) is 10.2 Å². The summed E-state index contributed by atoms with van der Waals surface area (Å²) in [4.78, 5) is 14.0. The van der Waals surface area contributed by atoms with Crippen molar-refractivity contribution in [2.24, 2.45) is 0 Å². The minimum Gasteiger partial charge on any atom is -0.378 e. The summed E-state index contributed by atoms with van der Waals surface area (Å²) in [6.45, 7) is 4.63. The SMILES string of the molecule is CCCCC1NCN(CCC2CCCO2)C1=O. The van der Waals surface area contributed by atoms with Crippen LogP contribution in [0.3, 0.4) is 0 Å². The normalized spacial score (nSPS) is 29.2. The number of amides is 1. The standard InChI is InChI=1S/C13H24N2O2/c1-2-3-6-12-13(16)15(10-14-12)8-7-11-5-4-9-17-11/h11-12,14H,2-10H2,1H3. The Hall–Kier alpha value is -0.610. The lowest BCUT2D eigenvalue weighted by Gasteiger charge is -2.17. The lowest BCUT2D eigenvalue weighted by molar-refractivity contribution is -0.129. The Labute approximate surface area is 104 Å². The lowest BCUT2D eigenvalue weighted by Crippen LogP contribution is -2.32. The third-order valence-corrected chi connectivity index (χ3v) is 3.73. The van der Waals surface area contributed by atoms with E-state index in [1.165, 1.54) is 6.42 Å². The highest BCUT2D eigenvalue weighted by atomic mass is 16.5. The van der Waals surface area contributed by atoms with Crippen molar-refractivity contribution in [1.29, 1.82) is 0 Å². The molecule has 2 heterocycles. The predicted molar refractivity (Wildman–Crippen MR) is 66.6 cm³/mol. The number of rotatable bonds is 6. The second kappa shape index (κ2) is 6.36. The van der Waals surface area contributed by atoms with Gasteiger partial charge in [0.2, 0.25) is 5.91 Å². The van der Waals surface area contributed by atoms with E-state index in [0.717, 1.165) is 51.9 Å². The average Bonchev–Trinajstić information content (AvgIpc) is 2.95. The molecule has 0 aromatic rings. The van der Waals surface area contributed by atoms with Gasteiger partial charge in [0, 0.05) is 13.2 Å². The van der Waals surface area contributed by atoms with Gasteiger partial charge in [0.1, 0.15) is 0 Å². The van der Waals surface area contributed by atoms with Crippen LogP contribution in [-0.4, -0.2) is 42.8 Å². The van der Waals surface area contributed by atoms with Gasteiger partial charge in [0.25, 0.3) is 0 Å². The quantitative estimate of drug-likeness (QED) is 0.765. The van der Waals surface area contributed by atoms with Gasteiger partial charge in [-0.3, -0.25) is 10.1 Å². The zero-order chi connectivity index (χ0) is 12.1. The van der Waals surface area contributed by atoms with E-state index in [1.54, 1.807) is 0 Å². The van der Waals surface area contributed by atoms with Gasteiger partial charge in [0.05, 0.1) is 18.8 Å². The highest BCUT2D eigenvalue weighted by Crippen LogP contribution is 2.17. The minimum atomic E-state index is 0.0689. The molecule has 2 atom stereocenters. The highest BCUT2D eigenvalue weighted by molar-refractivity contribution is 5.83. The van der Waals surface area contributed by atoms with E-state index in [-0.39, 0.29) is 11.9 Å². The van der Waals surface area contributed by atoms with Gasteiger partial charge in [-0.1, -0.05) is 19.8 Å². The number of carbonyl (C=O) groups is 1. The molecule has 0 radical (unpaired) electrons. The summed E-state index contributed by atoms with van der Waals surface area (Å²) < 4.78 is 5.58. The Balaban J connectivity index is 1.69. The van der Waals surface area contributed by atoms with Crippen LogP contribution >= 0.6 is 0 Å². The molecule has 0 aromatic heterocycles. The number of unbranched alkanes of at least 4 members (excludes halogenated alkanes) is 1. The van der Waals surface area contributed by atoms with Crippen LogP contribution in [-0.2, 0) is 9.53 Å². The monoisotopic (exact) mass is 240 g/mol. The van der Waals surface area contributed by atoms with Crippen LogP contribution in [0, 0.1) is 0 Å². The van der Waals surface area contributed by atoms with Crippen LogP contribution in [0.5, 0.6) is 0 Å². The highest BCUT2D eigenvalue weighted by Gasteiger charge is 2.30. The van der Waals surface area contributed by atoms with Crippen molar-refractivity contribution in [3.05, 3.63) is 0 Å². The van der Waals surface area contributed by atoms with E-state index < -0.39 is 0 Å². The van der Waals surface area contributed by atoms with Crippen LogP contribution in [0.4, 0.5) is 0 Å². The van der Waals surface area contributed by atoms with Crippen molar-refractivity contribution >= 4 is 5.91 Å². The molecule has 2 fully saturated rings. The molecule has 1 amide bonds. The molecule has 0 spiro atoms. The Morgan fingerprint density at radius 3 is 3.06 bits per heavy atom. The molecule has 2 saturated heterocycles. The largest absolute Gasteiger partial charge is 0.378 e. The first kappa shape index (κ1) is 12.8.